The molecule has 6 nitrogen and oxygen atoms in total. The van der Waals surface area contributed by atoms with Crippen LogP contribution in [0.5, 0.6) is 0 Å². The van der Waals surface area contributed by atoms with Crippen LogP contribution in [0.2, 0.25) is 0 Å². The maximum Gasteiger partial charge on any atom is 0.268 e. The third-order valence-electron chi connectivity index (χ3n) is 3.15. The predicted molar refractivity (Wildman–Crippen MR) is 81.2 cm³/mol. The van der Waals surface area contributed by atoms with Crippen LogP contribution in [0.4, 0.5) is 10.9 Å². The average Bonchev–Trinajstić information content (AvgIpc) is 2.80. The Labute approximate surface area is 122 Å². The monoisotopic (exact) mass is 296 g/mol. The normalized spacial score (nSPS) is 15.1. The van der Waals surface area contributed by atoms with E-state index in [1.807, 2.05) is 0 Å². The van der Waals surface area contributed by atoms with Gasteiger partial charge in [0.25, 0.3) is 5.91 Å². The molecule has 0 bridgehead atoms. The minimum Gasteiger partial charge on any atom is -0.383 e. The summed E-state index contributed by atoms with van der Waals surface area (Å²) in [5, 5.41) is 3.75. The van der Waals surface area contributed by atoms with E-state index in [2.05, 4.69) is 23.3 Å². The lowest BCUT2D eigenvalue weighted by molar-refractivity contribution is 0.0774. The predicted octanol–water partition coefficient (Wildman–Crippen LogP) is 1.58. The average molecular weight is 296 g/mol. The number of carbonyl (C=O) groups excluding carboxylic acids is 1. The molecule has 0 radical (unpaired) electrons. The molecule has 0 aromatic carbocycles. The highest BCUT2D eigenvalue weighted by Gasteiger charge is 2.23. The van der Waals surface area contributed by atoms with E-state index in [-0.39, 0.29) is 5.91 Å². The molecule has 2 rings (SSSR count). The fourth-order valence-corrected chi connectivity index (χ4v) is 2.80. The first-order valence-electron chi connectivity index (χ1n) is 6.56. The molecule has 2 heterocycles. The zero-order chi connectivity index (χ0) is 14.5. The van der Waals surface area contributed by atoms with E-state index >= 15 is 0 Å². The molecular weight excluding hydrogens is 276 g/mol. The summed E-state index contributed by atoms with van der Waals surface area (Å²) in [5.41, 5.74) is 7.17. The fourth-order valence-electron chi connectivity index (χ4n) is 1.92. The molecule has 1 aromatic rings. The number of nitrogens with two attached hydrogens (primary N) is 1. The zero-order valence-electron chi connectivity index (χ0n) is 11.8. The van der Waals surface area contributed by atoms with Crippen LogP contribution in [0.25, 0.3) is 0 Å². The number of ether oxygens (including phenoxy) is 1. The van der Waals surface area contributed by atoms with E-state index < -0.39 is 0 Å². The Morgan fingerprint density at radius 3 is 3.10 bits per heavy atom. The first kappa shape index (κ1) is 14.8. The zero-order valence-corrected chi connectivity index (χ0v) is 12.6. The van der Waals surface area contributed by atoms with Crippen LogP contribution in [0, 0.1) is 0 Å². The number of amides is 1. The molecule has 7 heteroatoms. The van der Waals surface area contributed by atoms with Crippen LogP contribution in [-0.2, 0) is 4.74 Å². The number of nitrogens with one attached hydrogen (secondary N) is 1. The van der Waals surface area contributed by atoms with Gasteiger partial charge in [0.15, 0.2) is 5.13 Å². The minimum atomic E-state index is -0.0384. The van der Waals surface area contributed by atoms with Gasteiger partial charge in [-0.15, -0.1) is 0 Å². The van der Waals surface area contributed by atoms with Crippen molar-refractivity contribution in [2.45, 2.75) is 13.3 Å². The summed E-state index contributed by atoms with van der Waals surface area (Å²) in [6.07, 6.45) is 3.00. The number of nitrogen functional groups attached to an aromatic ring is 1. The number of hydrogen-bond donors (Lipinski definition) is 2. The molecule has 0 fully saturated rings. The molecule has 1 amide bonds. The van der Waals surface area contributed by atoms with Crippen LogP contribution in [0.1, 0.15) is 23.0 Å². The van der Waals surface area contributed by atoms with E-state index in [4.69, 9.17) is 10.5 Å². The van der Waals surface area contributed by atoms with Crippen molar-refractivity contribution in [3.8, 4) is 0 Å². The quantitative estimate of drug-likeness (QED) is 0.637. The van der Waals surface area contributed by atoms with Crippen molar-refractivity contribution in [1.29, 1.82) is 0 Å². The van der Waals surface area contributed by atoms with E-state index in [0.29, 0.717) is 35.5 Å². The Kier molecular flexibility index (Phi) is 4.97. The third kappa shape index (κ3) is 3.49. The van der Waals surface area contributed by atoms with E-state index in [0.717, 1.165) is 13.0 Å². The van der Waals surface area contributed by atoms with Gasteiger partial charge in [0.05, 0.1) is 6.61 Å². The molecule has 0 spiro atoms. The van der Waals surface area contributed by atoms with Crippen molar-refractivity contribution < 1.29 is 9.53 Å². The molecule has 0 unspecified atom stereocenters. The maximum atomic E-state index is 12.4. The highest BCUT2D eigenvalue weighted by atomic mass is 32.1. The Morgan fingerprint density at radius 2 is 2.45 bits per heavy atom. The number of rotatable bonds is 5. The van der Waals surface area contributed by atoms with Gasteiger partial charge in [-0.3, -0.25) is 4.79 Å². The van der Waals surface area contributed by atoms with Gasteiger partial charge in [-0.2, -0.15) is 0 Å². The molecule has 0 aliphatic carbocycles. The van der Waals surface area contributed by atoms with E-state index in [1.165, 1.54) is 16.9 Å². The number of methoxy groups -OCH3 is 1. The summed E-state index contributed by atoms with van der Waals surface area (Å²) in [7, 11) is 1.64. The topological polar surface area (TPSA) is 80.5 Å². The summed E-state index contributed by atoms with van der Waals surface area (Å²) in [6, 6.07) is 0. The number of aromatic nitrogens is 1. The first-order chi connectivity index (χ1) is 9.61. The van der Waals surface area contributed by atoms with Crippen LogP contribution in [0.3, 0.4) is 0 Å². The Bertz CT molecular complexity index is 512. The smallest absolute Gasteiger partial charge is 0.268 e. The number of thiazole rings is 1. The number of carbonyl (C=O) groups is 1. The number of hydrogen-bond acceptors (Lipinski definition) is 6. The third-order valence-corrected chi connectivity index (χ3v) is 4.17. The van der Waals surface area contributed by atoms with Crippen molar-refractivity contribution in [2.75, 3.05) is 44.4 Å². The van der Waals surface area contributed by atoms with Gasteiger partial charge in [0.1, 0.15) is 10.7 Å². The lowest BCUT2D eigenvalue weighted by Crippen LogP contribution is -2.34. The summed E-state index contributed by atoms with van der Waals surface area (Å²) < 4.78 is 4.95. The molecule has 0 saturated carbocycles. The highest BCUT2D eigenvalue weighted by molar-refractivity contribution is 7.18. The van der Waals surface area contributed by atoms with Crippen LogP contribution in [-0.4, -0.2) is 49.1 Å². The SMILES string of the molecule is COCCNc1nc(N)c(C(=O)N2CC=C(C)CC2)s1. The second-order valence-corrected chi connectivity index (χ2v) is 5.70. The van der Waals surface area contributed by atoms with E-state index in [1.54, 1.807) is 12.0 Å². The van der Waals surface area contributed by atoms with Crippen LogP contribution < -0.4 is 11.1 Å². The first-order valence-corrected chi connectivity index (χ1v) is 7.37. The van der Waals surface area contributed by atoms with Crippen LogP contribution >= 0.6 is 11.3 Å². The standard InChI is InChI=1S/C13H20N4O2S/c1-9-3-6-17(7-4-9)12(18)10-11(14)16-13(20-10)15-5-8-19-2/h3H,4-8,14H2,1-2H3,(H,15,16). The summed E-state index contributed by atoms with van der Waals surface area (Å²) in [6.45, 7) is 4.70. The highest BCUT2D eigenvalue weighted by Crippen LogP contribution is 2.27. The summed E-state index contributed by atoms with van der Waals surface area (Å²) >= 11 is 1.30. The van der Waals surface area contributed by atoms with Gasteiger partial charge in [-0.1, -0.05) is 23.0 Å². The van der Waals surface area contributed by atoms with Gasteiger partial charge >= 0.3 is 0 Å². The molecule has 110 valence electrons. The van der Waals surface area contributed by atoms with E-state index in [9.17, 15) is 4.79 Å². The lowest BCUT2D eigenvalue weighted by Gasteiger charge is -2.24. The Balaban J connectivity index is 2.02. The van der Waals surface area contributed by atoms with Crippen molar-refractivity contribution in [3.05, 3.63) is 16.5 Å². The maximum absolute atomic E-state index is 12.4. The Hall–Kier alpha value is -1.60. The second-order valence-electron chi connectivity index (χ2n) is 4.70. The molecule has 0 atom stereocenters. The molecule has 1 aliphatic rings. The lowest BCUT2D eigenvalue weighted by atomic mass is 10.1. The molecule has 20 heavy (non-hydrogen) atoms. The number of nitrogens with zero attached hydrogens (tertiary/aromatic N) is 2. The van der Waals surface area contributed by atoms with Gasteiger partial charge < -0.3 is 20.7 Å². The van der Waals surface area contributed by atoms with Gasteiger partial charge in [0.2, 0.25) is 0 Å². The number of anilines is 2. The second kappa shape index (κ2) is 6.71. The van der Waals surface area contributed by atoms with Gasteiger partial charge in [0, 0.05) is 26.7 Å². The van der Waals surface area contributed by atoms with Crippen molar-refractivity contribution in [2.24, 2.45) is 0 Å². The molecule has 1 aliphatic heterocycles. The summed E-state index contributed by atoms with van der Waals surface area (Å²) in [5.74, 6) is 0.259. The van der Waals surface area contributed by atoms with Crippen LogP contribution in [0.15, 0.2) is 11.6 Å². The molecule has 0 saturated heterocycles. The summed E-state index contributed by atoms with van der Waals surface area (Å²) in [4.78, 5) is 18.9. The molecule has 3 N–H and O–H groups in total. The van der Waals surface area contributed by atoms with Gasteiger partial charge in [-0.05, 0) is 13.3 Å². The van der Waals surface area contributed by atoms with Crippen molar-refractivity contribution in [1.82, 2.24) is 9.88 Å². The van der Waals surface area contributed by atoms with Gasteiger partial charge in [-0.25, -0.2) is 4.98 Å². The molecule has 1 aromatic heterocycles. The largest absolute Gasteiger partial charge is 0.383 e. The van der Waals surface area contributed by atoms with Crippen molar-refractivity contribution in [3.63, 3.8) is 0 Å². The van der Waals surface area contributed by atoms with Crippen molar-refractivity contribution >= 4 is 28.2 Å². The molecular formula is C13H20N4O2S. The minimum absolute atomic E-state index is 0.0384. The fraction of sp³-hybridized carbons (Fsp3) is 0.538. The Morgan fingerprint density at radius 1 is 1.65 bits per heavy atom.